The molecule has 1 atom stereocenters. The molecule has 18 heteroatoms. The van der Waals surface area contributed by atoms with E-state index < -0.39 is 41.6 Å². The van der Waals surface area contributed by atoms with Crippen molar-refractivity contribution < 1.29 is 57.4 Å². The Bertz CT molecular complexity index is 1740. The first-order chi connectivity index (χ1) is 25.0. The molecule has 0 aliphatic carbocycles. The van der Waals surface area contributed by atoms with Crippen LogP contribution in [0, 0.1) is 5.41 Å². The molecule has 0 heterocycles. The number of methoxy groups -OCH3 is 4. The molecule has 3 aromatic carbocycles. The fraction of sp³-hybridized carbons (Fsp3) is 0.417. The fourth-order valence-electron chi connectivity index (χ4n) is 3.88. The lowest BCUT2D eigenvalue weighted by molar-refractivity contribution is -0.168. The average molecular weight is 821 g/mol. The minimum absolute atomic E-state index is 0.219. The van der Waals surface area contributed by atoms with Gasteiger partial charge in [0.05, 0.1) is 60.6 Å². The summed E-state index contributed by atoms with van der Waals surface area (Å²) in [5.41, 5.74) is 17.0. The fourth-order valence-corrected chi connectivity index (χ4v) is 4.57. The van der Waals surface area contributed by atoms with Crippen molar-refractivity contribution in [2.24, 2.45) is 5.41 Å². The molecule has 0 spiro atoms. The molecule has 0 saturated carbocycles. The lowest BCUT2D eigenvalue weighted by Gasteiger charge is -2.32. The summed E-state index contributed by atoms with van der Waals surface area (Å²) in [6.07, 6.45) is -0.826. The summed E-state index contributed by atoms with van der Waals surface area (Å²) in [5, 5.41) is 9.38. The van der Waals surface area contributed by atoms with Gasteiger partial charge in [0.2, 0.25) is 6.10 Å². The van der Waals surface area contributed by atoms with Gasteiger partial charge in [-0.25, -0.2) is 14.4 Å². The van der Waals surface area contributed by atoms with E-state index in [1.165, 1.54) is 58.8 Å². The maximum Gasteiger partial charge on any atom is 0.348 e. The van der Waals surface area contributed by atoms with Crippen molar-refractivity contribution in [1.29, 1.82) is 0 Å². The van der Waals surface area contributed by atoms with Gasteiger partial charge in [-0.3, -0.25) is 0 Å². The summed E-state index contributed by atoms with van der Waals surface area (Å²) >= 11 is 17.8. The van der Waals surface area contributed by atoms with Gasteiger partial charge in [0.15, 0.2) is 13.2 Å². The average Bonchev–Trinajstić information content (AvgIpc) is 3.06. The second-order valence-corrected chi connectivity index (χ2v) is 14.2. The third-order valence-corrected chi connectivity index (χ3v) is 7.32. The Morgan fingerprint density at radius 3 is 1.46 bits per heavy atom. The standard InChI is InChI=1S/C17H26ClNO4.C10H12ClNO4.C9H10ClNO4/c1-16(2,3)14(15(20)23-17(4,5)6)22-12-9-13(21-7)11(19)8-10(12)18;1-14-9-4-8(6(11)3-7(9)12)16-5-10(13)15-2;1-14-7-3-8(15-4-9(12)13)6(11)2-5(7)10/h8-9,14H,19H2,1-7H3;3-4H,5,12H2,1-2H3;2-3H,4,11H2,1H3,(H,12,13). The molecule has 1 unspecified atom stereocenters. The number of halogens is 3. The lowest BCUT2D eigenvalue weighted by Crippen LogP contribution is -2.43. The van der Waals surface area contributed by atoms with Crippen LogP contribution in [0.1, 0.15) is 41.5 Å². The van der Waals surface area contributed by atoms with Gasteiger partial charge < -0.3 is 60.2 Å². The smallest absolute Gasteiger partial charge is 0.348 e. The van der Waals surface area contributed by atoms with E-state index in [4.69, 9.17) is 90.3 Å². The topological polar surface area (TPSA) is 223 Å². The highest BCUT2D eigenvalue weighted by molar-refractivity contribution is 6.33. The Kier molecular flexibility index (Phi) is 18.5. The van der Waals surface area contributed by atoms with E-state index in [0.717, 1.165) is 0 Å². The highest BCUT2D eigenvalue weighted by atomic mass is 35.5. The number of nitrogens with two attached hydrogens (primary N) is 3. The van der Waals surface area contributed by atoms with Crippen LogP contribution in [0.15, 0.2) is 36.4 Å². The Morgan fingerprint density at radius 2 is 1.04 bits per heavy atom. The Hall–Kier alpha value is -4.86. The molecular formula is C36H48Cl3N3O12. The predicted molar refractivity (Wildman–Crippen MR) is 208 cm³/mol. The summed E-state index contributed by atoms with van der Waals surface area (Å²) in [5.74, 6) is 0.101. The second kappa shape index (κ2) is 21.1. The molecule has 3 rings (SSSR count). The highest BCUT2D eigenvalue weighted by Gasteiger charge is 2.37. The lowest BCUT2D eigenvalue weighted by atomic mass is 9.89. The number of carbonyl (C=O) groups is 3. The van der Waals surface area contributed by atoms with Gasteiger partial charge in [-0.15, -0.1) is 0 Å². The van der Waals surface area contributed by atoms with Gasteiger partial charge in [0.25, 0.3) is 0 Å². The van der Waals surface area contributed by atoms with Gasteiger partial charge in [-0.2, -0.15) is 0 Å². The van der Waals surface area contributed by atoms with E-state index in [0.29, 0.717) is 55.2 Å². The van der Waals surface area contributed by atoms with Crippen molar-refractivity contribution in [3.05, 3.63) is 51.5 Å². The van der Waals surface area contributed by atoms with Gasteiger partial charge in [0.1, 0.15) is 40.1 Å². The monoisotopic (exact) mass is 819 g/mol. The van der Waals surface area contributed by atoms with Crippen LogP contribution < -0.4 is 45.6 Å². The molecule has 0 fully saturated rings. The largest absolute Gasteiger partial charge is 0.495 e. The van der Waals surface area contributed by atoms with Crippen LogP contribution in [0.2, 0.25) is 15.1 Å². The maximum atomic E-state index is 12.5. The summed E-state index contributed by atoms with van der Waals surface area (Å²) in [6.45, 7) is 10.4. The van der Waals surface area contributed by atoms with Gasteiger partial charge in [-0.1, -0.05) is 55.6 Å². The van der Waals surface area contributed by atoms with E-state index in [9.17, 15) is 14.4 Å². The van der Waals surface area contributed by atoms with Crippen molar-refractivity contribution in [1.82, 2.24) is 0 Å². The van der Waals surface area contributed by atoms with Crippen molar-refractivity contribution in [3.8, 4) is 34.5 Å². The van der Waals surface area contributed by atoms with Crippen molar-refractivity contribution in [2.75, 3.05) is 58.9 Å². The zero-order valence-electron chi connectivity index (χ0n) is 31.8. The maximum absolute atomic E-state index is 12.5. The first-order valence-electron chi connectivity index (χ1n) is 15.8. The molecule has 0 amide bonds. The van der Waals surface area contributed by atoms with Crippen LogP contribution in [0.25, 0.3) is 0 Å². The zero-order chi connectivity index (χ0) is 41.6. The van der Waals surface area contributed by atoms with E-state index in [2.05, 4.69) is 4.74 Å². The third-order valence-electron chi connectivity index (χ3n) is 6.43. The molecule has 0 radical (unpaired) electrons. The highest BCUT2D eigenvalue weighted by Crippen LogP contribution is 2.38. The van der Waals surface area contributed by atoms with E-state index in [1.54, 1.807) is 6.07 Å². The summed E-state index contributed by atoms with van der Waals surface area (Å²) in [6, 6.07) is 9.00. The number of hydrogen-bond acceptors (Lipinski definition) is 14. The minimum Gasteiger partial charge on any atom is -0.495 e. The zero-order valence-corrected chi connectivity index (χ0v) is 34.0. The quantitative estimate of drug-likeness (QED) is 0.107. The Labute approximate surface area is 329 Å². The number of hydrogen-bond donors (Lipinski definition) is 4. The van der Waals surface area contributed by atoms with Crippen molar-refractivity contribution in [2.45, 2.75) is 53.2 Å². The van der Waals surface area contributed by atoms with E-state index in [-0.39, 0.29) is 18.0 Å². The molecule has 0 aliphatic heterocycles. The van der Waals surface area contributed by atoms with Crippen molar-refractivity contribution >= 4 is 69.8 Å². The first kappa shape index (κ1) is 47.2. The number of esters is 2. The molecular weight excluding hydrogens is 773 g/mol. The van der Waals surface area contributed by atoms with E-state index in [1.807, 2.05) is 41.5 Å². The van der Waals surface area contributed by atoms with Crippen LogP contribution in [-0.4, -0.2) is 76.4 Å². The van der Waals surface area contributed by atoms with Crippen LogP contribution in [0.3, 0.4) is 0 Å². The summed E-state index contributed by atoms with van der Waals surface area (Å²) in [4.78, 5) is 33.7. The van der Waals surface area contributed by atoms with Crippen LogP contribution >= 0.6 is 34.8 Å². The van der Waals surface area contributed by atoms with E-state index >= 15 is 0 Å². The number of nitrogen functional groups attached to an aromatic ring is 3. The molecule has 3 aromatic rings. The number of ether oxygens (including phenoxy) is 8. The SMILES string of the molecule is COC(=O)COc1cc(OC)c(N)cc1Cl.COc1cc(OC(C(=O)OC(C)(C)C)C(C)(C)C)c(Cl)cc1N.COc1cc(OCC(=O)O)c(N)cc1Cl. The molecule has 0 saturated heterocycles. The number of anilines is 3. The summed E-state index contributed by atoms with van der Waals surface area (Å²) < 4.78 is 40.9. The van der Waals surface area contributed by atoms with Crippen molar-refractivity contribution in [3.63, 3.8) is 0 Å². The predicted octanol–water partition coefficient (Wildman–Crippen LogP) is 6.94. The van der Waals surface area contributed by atoms with Gasteiger partial charge >= 0.3 is 17.9 Å². The van der Waals surface area contributed by atoms with Crippen LogP contribution in [0.4, 0.5) is 17.1 Å². The summed E-state index contributed by atoms with van der Waals surface area (Å²) in [7, 11) is 5.69. The number of carbonyl (C=O) groups excluding carboxylic acids is 2. The molecule has 300 valence electrons. The molecule has 0 aromatic heterocycles. The minimum atomic E-state index is -1.08. The number of aliphatic carboxylic acids is 1. The molecule has 7 N–H and O–H groups in total. The second-order valence-electron chi connectivity index (χ2n) is 13.0. The third kappa shape index (κ3) is 15.6. The number of benzene rings is 3. The van der Waals surface area contributed by atoms with Gasteiger partial charge in [0, 0.05) is 23.6 Å². The van der Waals surface area contributed by atoms with Crippen LogP contribution in [0.5, 0.6) is 34.5 Å². The molecule has 54 heavy (non-hydrogen) atoms. The molecule has 15 nitrogen and oxygen atoms in total. The van der Waals surface area contributed by atoms with Gasteiger partial charge in [-0.05, 0) is 39.0 Å². The number of carboxylic acids is 1. The Balaban J connectivity index is 0.000000418. The van der Waals surface area contributed by atoms with Crippen LogP contribution in [-0.2, 0) is 23.9 Å². The molecule has 0 bridgehead atoms. The first-order valence-corrected chi connectivity index (χ1v) is 16.9. The Morgan fingerprint density at radius 1 is 0.630 bits per heavy atom. The number of carboxylic acid groups (broad SMARTS) is 1. The normalized spacial score (nSPS) is 11.3. The number of rotatable bonds is 12. The molecule has 0 aliphatic rings.